The zero-order valence-electron chi connectivity index (χ0n) is 19.5. The molecule has 1 aromatic carbocycles. The maximum Gasteiger partial charge on any atom is 0.326 e. The summed E-state index contributed by atoms with van der Waals surface area (Å²) in [5.74, 6) is -4.03. The Labute approximate surface area is 207 Å². The molecule has 1 aromatic rings. The third-order valence-electron chi connectivity index (χ3n) is 5.53. The number of carbonyl (C=O) groups excluding carboxylic acids is 3. The molecule has 11 nitrogen and oxygen atoms in total. The fourth-order valence-electron chi connectivity index (χ4n) is 3.66. The van der Waals surface area contributed by atoms with Gasteiger partial charge in [-0.15, -0.1) is 0 Å². The average molecular weight is 509 g/mol. The van der Waals surface area contributed by atoms with Gasteiger partial charge in [-0.25, -0.2) is 4.79 Å². The summed E-state index contributed by atoms with van der Waals surface area (Å²) in [6.07, 6.45) is 2.74. The Morgan fingerprint density at radius 3 is 2.23 bits per heavy atom. The highest BCUT2D eigenvalue weighted by Crippen LogP contribution is 2.09. The number of benzene rings is 1. The highest BCUT2D eigenvalue weighted by Gasteiger charge is 2.32. The first kappa shape index (κ1) is 28.1. The lowest BCUT2D eigenvalue weighted by molar-refractivity contribution is -0.143. The van der Waals surface area contributed by atoms with Gasteiger partial charge in [-0.1, -0.05) is 30.3 Å². The maximum absolute atomic E-state index is 13.0. The molecule has 0 radical (unpaired) electrons. The molecule has 35 heavy (non-hydrogen) atoms. The highest BCUT2D eigenvalue weighted by atomic mass is 32.2. The monoisotopic (exact) mass is 508 g/mol. The molecule has 1 fully saturated rings. The molecular formula is C23H32N4O7S. The van der Waals surface area contributed by atoms with Crippen molar-refractivity contribution in [2.75, 3.05) is 18.6 Å². The number of nitrogens with one attached hydrogen (secondary N) is 4. The molecule has 0 spiro atoms. The molecule has 0 aromatic heterocycles. The van der Waals surface area contributed by atoms with E-state index in [0.29, 0.717) is 24.3 Å². The van der Waals surface area contributed by atoms with Crippen LogP contribution in [0.15, 0.2) is 30.3 Å². The van der Waals surface area contributed by atoms with Crippen LogP contribution in [0.1, 0.15) is 31.2 Å². The van der Waals surface area contributed by atoms with Crippen LogP contribution >= 0.6 is 11.8 Å². The van der Waals surface area contributed by atoms with Gasteiger partial charge >= 0.3 is 11.9 Å². The summed E-state index contributed by atoms with van der Waals surface area (Å²) in [6.45, 7) is 0.647. The minimum atomic E-state index is -1.40. The van der Waals surface area contributed by atoms with Crippen LogP contribution in [0.2, 0.25) is 0 Å². The van der Waals surface area contributed by atoms with E-state index in [-0.39, 0.29) is 12.8 Å². The SMILES string of the molecule is CSCCC(NC(=O)C(Cc1ccccc1)NC(=O)C(CC(=O)O)NC(=O)C1CCCN1)C(=O)O. The van der Waals surface area contributed by atoms with Crippen LogP contribution in [0.3, 0.4) is 0 Å². The van der Waals surface area contributed by atoms with Crippen molar-refractivity contribution >= 4 is 41.4 Å². The van der Waals surface area contributed by atoms with Gasteiger partial charge < -0.3 is 31.5 Å². The Bertz CT molecular complexity index is 893. The first-order valence-electron chi connectivity index (χ1n) is 11.3. The van der Waals surface area contributed by atoms with Gasteiger partial charge in [0.25, 0.3) is 0 Å². The number of carboxylic acids is 2. The van der Waals surface area contributed by atoms with Crippen LogP contribution in [-0.4, -0.2) is 82.6 Å². The van der Waals surface area contributed by atoms with Gasteiger partial charge in [0.05, 0.1) is 12.5 Å². The molecule has 6 N–H and O–H groups in total. The Morgan fingerprint density at radius 2 is 1.66 bits per heavy atom. The summed E-state index contributed by atoms with van der Waals surface area (Å²) in [4.78, 5) is 61.5. The van der Waals surface area contributed by atoms with Gasteiger partial charge in [0.1, 0.15) is 18.1 Å². The van der Waals surface area contributed by atoms with Crippen LogP contribution in [0, 0.1) is 0 Å². The lowest BCUT2D eigenvalue weighted by Gasteiger charge is -2.25. The van der Waals surface area contributed by atoms with Gasteiger partial charge in [0, 0.05) is 6.42 Å². The number of hydrogen-bond donors (Lipinski definition) is 6. The molecule has 1 heterocycles. The molecule has 4 unspecified atom stereocenters. The van der Waals surface area contributed by atoms with E-state index in [4.69, 9.17) is 0 Å². The number of carboxylic acid groups (broad SMARTS) is 2. The molecular weight excluding hydrogens is 476 g/mol. The van der Waals surface area contributed by atoms with E-state index in [9.17, 15) is 34.2 Å². The second-order valence-corrected chi connectivity index (χ2v) is 9.23. The predicted molar refractivity (Wildman–Crippen MR) is 130 cm³/mol. The van der Waals surface area contributed by atoms with Crippen LogP contribution in [0.4, 0.5) is 0 Å². The average Bonchev–Trinajstić information content (AvgIpc) is 3.36. The van der Waals surface area contributed by atoms with Crippen molar-refractivity contribution in [2.24, 2.45) is 0 Å². The quantitative estimate of drug-likeness (QED) is 0.198. The number of thioether (sulfide) groups is 1. The molecule has 192 valence electrons. The minimum Gasteiger partial charge on any atom is -0.481 e. The van der Waals surface area contributed by atoms with Crippen molar-refractivity contribution < 1.29 is 34.2 Å². The Balaban J connectivity index is 2.18. The Morgan fingerprint density at radius 1 is 1.00 bits per heavy atom. The lowest BCUT2D eigenvalue weighted by Crippen LogP contribution is -2.58. The number of amides is 3. The lowest BCUT2D eigenvalue weighted by atomic mass is 10.0. The summed E-state index contributed by atoms with van der Waals surface area (Å²) in [5.41, 5.74) is 0.706. The van der Waals surface area contributed by atoms with Gasteiger partial charge in [-0.05, 0) is 43.4 Å². The fraction of sp³-hybridized carbons (Fsp3) is 0.522. The van der Waals surface area contributed by atoms with E-state index >= 15 is 0 Å². The number of aliphatic carboxylic acids is 2. The summed E-state index contributed by atoms with van der Waals surface area (Å²) < 4.78 is 0. The van der Waals surface area contributed by atoms with Crippen molar-refractivity contribution in [3.05, 3.63) is 35.9 Å². The Kier molecular flexibility index (Phi) is 11.5. The topological polar surface area (TPSA) is 174 Å². The van der Waals surface area contributed by atoms with E-state index in [2.05, 4.69) is 21.3 Å². The first-order chi connectivity index (χ1) is 16.7. The van der Waals surface area contributed by atoms with Crippen LogP contribution in [0.5, 0.6) is 0 Å². The molecule has 3 amide bonds. The van der Waals surface area contributed by atoms with Crippen molar-refractivity contribution in [1.82, 2.24) is 21.3 Å². The van der Waals surface area contributed by atoms with E-state index in [1.807, 2.05) is 6.26 Å². The third kappa shape index (κ3) is 9.57. The normalized spacial score (nSPS) is 17.6. The van der Waals surface area contributed by atoms with Gasteiger partial charge in [0.15, 0.2) is 0 Å². The largest absolute Gasteiger partial charge is 0.481 e. The summed E-state index contributed by atoms with van der Waals surface area (Å²) in [7, 11) is 0. The summed E-state index contributed by atoms with van der Waals surface area (Å²) >= 11 is 1.44. The van der Waals surface area contributed by atoms with Gasteiger partial charge in [0.2, 0.25) is 17.7 Å². The molecule has 1 aliphatic heterocycles. The fourth-order valence-corrected chi connectivity index (χ4v) is 4.13. The van der Waals surface area contributed by atoms with Gasteiger partial charge in [-0.3, -0.25) is 19.2 Å². The highest BCUT2D eigenvalue weighted by molar-refractivity contribution is 7.98. The van der Waals surface area contributed by atoms with E-state index in [1.54, 1.807) is 30.3 Å². The molecule has 12 heteroatoms. The van der Waals surface area contributed by atoms with Crippen molar-refractivity contribution in [3.63, 3.8) is 0 Å². The van der Waals surface area contributed by atoms with E-state index in [1.165, 1.54) is 11.8 Å². The van der Waals surface area contributed by atoms with Crippen molar-refractivity contribution in [1.29, 1.82) is 0 Å². The maximum atomic E-state index is 13.0. The molecule has 4 atom stereocenters. The zero-order chi connectivity index (χ0) is 25.8. The van der Waals surface area contributed by atoms with Gasteiger partial charge in [-0.2, -0.15) is 11.8 Å². The van der Waals surface area contributed by atoms with Crippen LogP contribution in [0.25, 0.3) is 0 Å². The standard InChI is InChI=1S/C23H32N4O7S/c1-35-11-9-16(23(33)34)25-21(31)17(12-14-6-3-2-4-7-14)26-22(32)18(13-19(28)29)27-20(30)15-8-5-10-24-15/h2-4,6-7,15-18,24H,5,8-13H2,1H3,(H,25,31)(H,26,32)(H,27,30)(H,28,29)(H,33,34). The molecule has 1 aliphatic rings. The molecule has 0 bridgehead atoms. The summed E-state index contributed by atoms with van der Waals surface area (Å²) in [6, 6.07) is 4.55. The number of hydrogen-bond acceptors (Lipinski definition) is 7. The van der Waals surface area contributed by atoms with Crippen molar-refractivity contribution in [3.8, 4) is 0 Å². The first-order valence-corrected chi connectivity index (χ1v) is 12.7. The molecule has 0 saturated carbocycles. The second-order valence-electron chi connectivity index (χ2n) is 8.24. The number of rotatable bonds is 14. The second kappa shape index (κ2) is 14.3. The van der Waals surface area contributed by atoms with Crippen LogP contribution in [-0.2, 0) is 30.4 Å². The van der Waals surface area contributed by atoms with Crippen LogP contribution < -0.4 is 21.3 Å². The zero-order valence-corrected chi connectivity index (χ0v) is 20.3. The molecule has 1 saturated heterocycles. The Hall–Kier alpha value is -3.12. The van der Waals surface area contributed by atoms with E-state index < -0.39 is 60.2 Å². The minimum absolute atomic E-state index is 0.0468. The summed E-state index contributed by atoms with van der Waals surface area (Å²) in [5, 5.41) is 29.1. The third-order valence-corrected chi connectivity index (χ3v) is 6.17. The molecule has 2 rings (SSSR count). The number of carbonyl (C=O) groups is 5. The predicted octanol–water partition coefficient (Wildman–Crippen LogP) is -0.252. The molecule has 0 aliphatic carbocycles. The van der Waals surface area contributed by atoms with E-state index in [0.717, 1.165) is 6.42 Å². The smallest absolute Gasteiger partial charge is 0.326 e. The van der Waals surface area contributed by atoms with Crippen molar-refractivity contribution in [2.45, 2.75) is 56.3 Å².